The summed E-state index contributed by atoms with van der Waals surface area (Å²) < 4.78 is 11.7. The molecule has 44 heavy (non-hydrogen) atoms. The summed E-state index contributed by atoms with van der Waals surface area (Å²) in [5, 5.41) is 20.5. The van der Waals surface area contributed by atoms with Crippen molar-refractivity contribution in [1.29, 1.82) is 0 Å². The van der Waals surface area contributed by atoms with Gasteiger partial charge >= 0.3 is 5.97 Å². The minimum absolute atomic E-state index is 0.141. The van der Waals surface area contributed by atoms with Crippen molar-refractivity contribution in [3.05, 3.63) is 77.4 Å². The van der Waals surface area contributed by atoms with Gasteiger partial charge in [0.05, 0.1) is 31.8 Å². The number of carbonyl (C=O) groups excluding carboxylic acids is 1. The Morgan fingerprint density at radius 3 is 2.14 bits per heavy atom. The summed E-state index contributed by atoms with van der Waals surface area (Å²) in [7, 11) is 0. The molecule has 3 aromatic rings. The van der Waals surface area contributed by atoms with Gasteiger partial charge in [-0.25, -0.2) is 0 Å². The van der Waals surface area contributed by atoms with Crippen LogP contribution in [0, 0.1) is 11.8 Å². The standard InChI is InChI=1S/C39H54O5/c1-6-9-11-12-29-14-16-31(17-15-29)32-18-20-36(30(8-3)24-32)33-19-21-38(34(25-33)22-23-43-39(42)28(4)5)44-27-35(26-40)37(41)13-10-7-2/h14-21,24-25,28,35,37,40-41H,6-13,22-23,26-27H2,1-5H3. The van der Waals surface area contributed by atoms with E-state index in [1.807, 2.05) is 19.9 Å². The number of aliphatic hydroxyl groups is 2. The highest BCUT2D eigenvalue weighted by Crippen LogP contribution is 2.33. The van der Waals surface area contributed by atoms with Crippen LogP contribution in [0.15, 0.2) is 60.7 Å². The summed E-state index contributed by atoms with van der Waals surface area (Å²) >= 11 is 0. The van der Waals surface area contributed by atoms with Crippen LogP contribution in [0.4, 0.5) is 0 Å². The molecule has 0 aliphatic heterocycles. The summed E-state index contributed by atoms with van der Waals surface area (Å²) in [5.41, 5.74) is 8.28. The lowest BCUT2D eigenvalue weighted by atomic mass is 9.92. The van der Waals surface area contributed by atoms with Crippen LogP contribution in [0.2, 0.25) is 0 Å². The van der Waals surface area contributed by atoms with Crippen molar-refractivity contribution in [2.45, 2.75) is 98.5 Å². The molecule has 3 aromatic carbocycles. The van der Waals surface area contributed by atoms with Crippen molar-refractivity contribution >= 4 is 5.97 Å². The van der Waals surface area contributed by atoms with E-state index in [0.717, 1.165) is 36.8 Å². The monoisotopic (exact) mass is 602 g/mol. The lowest BCUT2D eigenvalue weighted by Gasteiger charge is -2.22. The number of carbonyl (C=O) groups is 1. The van der Waals surface area contributed by atoms with Crippen LogP contribution >= 0.6 is 0 Å². The van der Waals surface area contributed by atoms with Gasteiger partial charge < -0.3 is 19.7 Å². The van der Waals surface area contributed by atoms with Gasteiger partial charge in [0.25, 0.3) is 0 Å². The molecule has 0 aliphatic rings. The van der Waals surface area contributed by atoms with Gasteiger partial charge in [0.1, 0.15) is 5.75 Å². The average Bonchev–Trinajstić information content (AvgIpc) is 3.04. The Hall–Kier alpha value is -3.15. The third kappa shape index (κ3) is 10.5. The molecule has 0 aliphatic carbocycles. The molecule has 5 heteroatoms. The van der Waals surface area contributed by atoms with E-state index in [9.17, 15) is 15.0 Å². The van der Waals surface area contributed by atoms with E-state index in [1.54, 1.807) is 0 Å². The summed E-state index contributed by atoms with van der Waals surface area (Å²) in [6.07, 6.45) is 8.20. The maximum atomic E-state index is 12.1. The summed E-state index contributed by atoms with van der Waals surface area (Å²) in [5.74, 6) is -0.0857. The number of ether oxygens (including phenoxy) is 2. The molecule has 2 atom stereocenters. The van der Waals surface area contributed by atoms with Gasteiger partial charge in [-0.15, -0.1) is 0 Å². The van der Waals surface area contributed by atoms with Crippen LogP contribution in [0.5, 0.6) is 5.75 Å². The molecule has 0 aromatic heterocycles. The number of aryl methyl sites for hydroxylation is 2. The summed E-state index contributed by atoms with van der Waals surface area (Å²) in [6.45, 7) is 10.5. The Labute approximate surface area is 265 Å². The van der Waals surface area contributed by atoms with Gasteiger partial charge in [-0.2, -0.15) is 0 Å². The Bertz CT molecular complexity index is 1280. The van der Waals surface area contributed by atoms with E-state index in [0.29, 0.717) is 18.6 Å². The van der Waals surface area contributed by atoms with Crippen LogP contribution in [0.25, 0.3) is 22.3 Å². The van der Waals surface area contributed by atoms with Gasteiger partial charge in [0, 0.05) is 12.3 Å². The molecule has 240 valence electrons. The molecule has 0 amide bonds. The second-order valence-corrected chi connectivity index (χ2v) is 12.2. The van der Waals surface area contributed by atoms with Crippen LogP contribution in [-0.4, -0.2) is 42.1 Å². The molecule has 0 radical (unpaired) electrons. The lowest BCUT2D eigenvalue weighted by Crippen LogP contribution is -2.29. The Morgan fingerprint density at radius 1 is 0.795 bits per heavy atom. The highest BCUT2D eigenvalue weighted by atomic mass is 16.5. The molecular weight excluding hydrogens is 548 g/mol. The molecule has 0 saturated carbocycles. The first kappa shape index (κ1) is 35.3. The molecule has 0 fully saturated rings. The fraction of sp³-hybridized carbons (Fsp3) is 0.513. The number of benzene rings is 3. The number of unbranched alkanes of at least 4 members (excludes halogenated alkanes) is 3. The quantitative estimate of drug-likeness (QED) is 0.106. The van der Waals surface area contributed by atoms with Gasteiger partial charge in [-0.1, -0.05) is 109 Å². The SMILES string of the molecule is CCCCCc1ccc(-c2ccc(-c3ccc(OCC(CO)C(O)CCCC)c(CCOC(=O)C(C)C)c3)c(CC)c2)cc1. The topological polar surface area (TPSA) is 76.0 Å². The molecule has 2 N–H and O–H groups in total. The molecule has 2 unspecified atom stereocenters. The Balaban J connectivity index is 1.85. The molecule has 0 heterocycles. The minimum Gasteiger partial charge on any atom is -0.493 e. The van der Waals surface area contributed by atoms with E-state index >= 15 is 0 Å². The second kappa shape index (κ2) is 18.6. The number of hydrogen-bond acceptors (Lipinski definition) is 5. The number of rotatable bonds is 19. The van der Waals surface area contributed by atoms with Crippen molar-refractivity contribution in [1.82, 2.24) is 0 Å². The van der Waals surface area contributed by atoms with Crippen LogP contribution in [-0.2, 0) is 28.8 Å². The normalized spacial score (nSPS) is 12.7. The number of aliphatic hydroxyl groups excluding tert-OH is 2. The first-order valence-electron chi connectivity index (χ1n) is 16.7. The van der Waals surface area contributed by atoms with Crippen molar-refractivity contribution in [2.24, 2.45) is 11.8 Å². The Morgan fingerprint density at radius 2 is 1.48 bits per heavy atom. The van der Waals surface area contributed by atoms with Crippen molar-refractivity contribution < 1.29 is 24.5 Å². The van der Waals surface area contributed by atoms with E-state index in [1.165, 1.54) is 47.1 Å². The first-order chi connectivity index (χ1) is 21.3. The summed E-state index contributed by atoms with van der Waals surface area (Å²) in [6, 6.07) is 21.8. The Kier molecular flexibility index (Phi) is 14.9. The largest absolute Gasteiger partial charge is 0.493 e. The van der Waals surface area contributed by atoms with E-state index < -0.39 is 6.10 Å². The van der Waals surface area contributed by atoms with Gasteiger partial charge in [-0.3, -0.25) is 4.79 Å². The predicted octanol–water partition coefficient (Wildman–Crippen LogP) is 8.60. The van der Waals surface area contributed by atoms with Crippen molar-refractivity contribution in [2.75, 3.05) is 19.8 Å². The first-order valence-corrected chi connectivity index (χ1v) is 16.7. The molecule has 5 nitrogen and oxygen atoms in total. The number of esters is 1. The fourth-order valence-electron chi connectivity index (χ4n) is 5.43. The van der Waals surface area contributed by atoms with Crippen LogP contribution in [0.3, 0.4) is 0 Å². The number of hydrogen-bond donors (Lipinski definition) is 2. The zero-order valence-electron chi connectivity index (χ0n) is 27.6. The van der Waals surface area contributed by atoms with Gasteiger partial charge in [-0.05, 0) is 76.8 Å². The van der Waals surface area contributed by atoms with Gasteiger partial charge in [0.15, 0.2) is 0 Å². The molecule has 3 rings (SSSR count). The lowest BCUT2D eigenvalue weighted by molar-refractivity contribution is -0.147. The van der Waals surface area contributed by atoms with Crippen molar-refractivity contribution in [3.8, 4) is 28.0 Å². The highest BCUT2D eigenvalue weighted by molar-refractivity contribution is 5.75. The average molecular weight is 603 g/mol. The third-order valence-electron chi connectivity index (χ3n) is 8.39. The van der Waals surface area contributed by atoms with Gasteiger partial charge in [0.2, 0.25) is 0 Å². The fourth-order valence-corrected chi connectivity index (χ4v) is 5.43. The highest BCUT2D eigenvalue weighted by Gasteiger charge is 2.20. The zero-order valence-corrected chi connectivity index (χ0v) is 27.6. The van der Waals surface area contributed by atoms with E-state index in [2.05, 4.69) is 75.4 Å². The summed E-state index contributed by atoms with van der Waals surface area (Å²) in [4.78, 5) is 12.1. The molecule has 0 bridgehead atoms. The molecular formula is C39H54O5. The zero-order chi connectivity index (χ0) is 31.9. The smallest absolute Gasteiger partial charge is 0.308 e. The van der Waals surface area contributed by atoms with Crippen LogP contribution < -0.4 is 4.74 Å². The molecule has 0 saturated heterocycles. The van der Waals surface area contributed by atoms with E-state index in [4.69, 9.17) is 9.47 Å². The van der Waals surface area contributed by atoms with Crippen LogP contribution in [0.1, 0.15) is 89.8 Å². The minimum atomic E-state index is -0.613. The maximum Gasteiger partial charge on any atom is 0.308 e. The van der Waals surface area contributed by atoms with E-state index in [-0.39, 0.29) is 37.6 Å². The third-order valence-corrected chi connectivity index (χ3v) is 8.39. The maximum absolute atomic E-state index is 12.1. The predicted molar refractivity (Wildman–Crippen MR) is 181 cm³/mol. The molecule has 0 spiro atoms. The second-order valence-electron chi connectivity index (χ2n) is 12.2. The van der Waals surface area contributed by atoms with Crippen molar-refractivity contribution in [3.63, 3.8) is 0 Å².